The maximum Gasteiger partial charge on any atom is 0.255 e. The van der Waals surface area contributed by atoms with Crippen LogP contribution in [-0.2, 0) is 4.74 Å². The summed E-state index contributed by atoms with van der Waals surface area (Å²) >= 11 is 0. The molecule has 0 aliphatic carbocycles. The highest BCUT2D eigenvalue weighted by Crippen LogP contribution is 2.22. The Morgan fingerprint density at radius 2 is 2.18 bits per heavy atom. The molecule has 1 fully saturated rings. The maximum atomic E-state index is 9.33. The predicted molar refractivity (Wildman–Crippen MR) is 60.3 cm³/mol. The number of aliphatic hydroxyl groups is 1. The standard InChI is InChI=1S/C11H19N3O3/c1-7(2)14-4-5-16-9(6-14)10-12-11(8(3)15)17-13-10/h7-9,15H,4-6H2,1-3H3. The summed E-state index contributed by atoms with van der Waals surface area (Å²) in [6, 6.07) is 0.476. The van der Waals surface area contributed by atoms with E-state index in [1.807, 2.05) is 0 Å². The van der Waals surface area contributed by atoms with E-state index in [-0.39, 0.29) is 12.0 Å². The van der Waals surface area contributed by atoms with Crippen molar-refractivity contribution in [3.05, 3.63) is 11.7 Å². The highest BCUT2D eigenvalue weighted by atomic mass is 16.5. The summed E-state index contributed by atoms with van der Waals surface area (Å²) in [5.41, 5.74) is 0. The van der Waals surface area contributed by atoms with Crippen LogP contribution in [0.5, 0.6) is 0 Å². The number of hydrogen-bond acceptors (Lipinski definition) is 6. The molecule has 0 aromatic carbocycles. The lowest BCUT2D eigenvalue weighted by atomic mass is 10.2. The highest BCUT2D eigenvalue weighted by molar-refractivity contribution is 4.95. The van der Waals surface area contributed by atoms with Gasteiger partial charge in [0.15, 0.2) is 0 Å². The van der Waals surface area contributed by atoms with Crippen molar-refractivity contribution in [2.45, 2.75) is 39.0 Å². The molecule has 1 aliphatic heterocycles. The van der Waals surface area contributed by atoms with E-state index in [0.717, 1.165) is 13.1 Å². The summed E-state index contributed by atoms with van der Waals surface area (Å²) in [5, 5.41) is 13.2. The molecule has 17 heavy (non-hydrogen) atoms. The summed E-state index contributed by atoms with van der Waals surface area (Å²) in [6.07, 6.45) is -0.900. The number of ether oxygens (including phenoxy) is 1. The van der Waals surface area contributed by atoms with Crippen LogP contribution in [0.2, 0.25) is 0 Å². The largest absolute Gasteiger partial charge is 0.384 e. The Bertz CT molecular complexity index is 365. The summed E-state index contributed by atoms with van der Waals surface area (Å²) in [6.45, 7) is 8.26. The van der Waals surface area contributed by atoms with Gasteiger partial charge in [0.05, 0.1) is 6.61 Å². The number of aliphatic hydroxyl groups excluding tert-OH is 1. The highest BCUT2D eigenvalue weighted by Gasteiger charge is 2.27. The van der Waals surface area contributed by atoms with Gasteiger partial charge in [-0.2, -0.15) is 4.98 Å². The van der Waals surface area contributed by atoms with Gasteiger partial charge >= 0.3 is 0 Å². The summed E-state index contributed by atoms with van der Waals surface area (Å²) in [4.78, 5) is 6.46. The molecule has 1 aliphatic rings. The second-order valence-electron chi connectivity index (χ2n) is 4.61. The number of nitrogens with zero attached hydrogens (tertiary/aromatic N) is 3. The van der Waals surface area contributed by atoms with Crippen LogP contribution in [0.4, 0.5) is 0 Å². The van der Waals surface area contributed by atoms with Gasteiger partial charge in [-0.15, -0.1) is 0 Å². The topological polar surface area (TPSA) is 71.6 Å². The minimum atomic E-state index is -0.735. The van der Waals surface area contributed by atoms with Crippen LogP contribution < -0.4 is 0 Å². The lowest BCUT2D eigenvalue weighted by Crippen LogP contribution is -2.42. The Morgan fingerprint density at radius 1 is 1.41 bits per heavy atom. The Morgan fingerprint density at radius 3 is 2.76 bits per heavy atom. The first-order chi connectivity index (χ1) is 8.08. The van der Waals surface area contributed by atoms with Gasteiger partial charge in [-0.3, -0.25) is 4.90 Å². The molecule has 2 rings (SSSR count). The molecule has 2 heterocycles. The lowest BCUT2D eigenvalue weighted by Gasteiger charge is -2.34. The van der Waals surface area contributed by atoms with Crippen molar-refractivity contribution < 1.29 is 14.4 Å². The minimum absolute atomic E-state index is 0.164. The molecule has 0 radical (unpaired) electrons. The fourth-order valence-corrected chi connectivity index (χ4v) is 1.84. The first-order valence-corrected chi connectivity index (χ1v) is 5.95. The van der Waals surface area contributed by atoms with Gasteiger partial charge in [-0.1, -0.05) is 5.16 Å². The number of aromatic nitrogens is 2. The monoisotopic (exact) mass is 241 g/mol. The van der Waals surface area contributed by atoms with Crippen LogP contribution in [0.25, 0.3) is 0 Å². The molecule has 0 spiro atoms. The molecule has 0 bridgehead atoms. The quantitative estimate of drug-likeness (QED) is 0.848. The van der Waals surface area contributed by atoms with Crippen molar-refractivity contribution in [1.82, 2.24) is 15.0 Å². The van der Waals surface area contributed by atoms with E-state index >= 15 is 0 Å². The SMILES string of the molecule is CC(O)c1nc(C2CN(C(C)C)CCO2)no1. The normalized spacial score (nSPS) is 24.2. The lowest BCUT2D eigenvalue weighted by molar-refractivity contribution is -0.0450. The zero-order valence-electron chi connectivity index (χ0n) is 10.5. The van der Waals surface area contributed by atoms with E-state index in [1.165, 1.54) is 0 Å². The molecule has 1 aromatic heterocycles. The van der Waals surface area contributed by atoms with Crippen LogP contribution in [0.3, 0.4) is 0 Å². The van der Waals surface area contributed by atoms with Gasteiger partial charge < -0.3 is 14.4 Å². The third-order valence-corrected chi connectivity index (χ3v) is 2.93. The number of morpholine rings is 1. The number of rotatable bonds is 3. The van der Waals surface area contributed by atoms with Gasteiger partial charge in [-0.25, -0.2) is 0 Å². The zero-order valence-corrected chi connectivity index (χ0v) is 10.5. The van der Waals surface area contributed by atoms with E-state index in [2.05, 4.69) is 28.9 Å². The van der Waals surface area contributed by atoms with Crippen LogP contribution >= 0.6 is 0 Å². The Balaban J connectivity index is 2.05. The van der Waals surface area contributed by atoms with Gasteiger partial charge in [0.1, 0.15) is 12.2 Å². The Kier molecular flexibility index (Phi) is 3.76. The fourth-order valence-electron chi connectivity index (χ4n) is 1.84. The van der Waals surface area contributed by atoms with Crippen molar-refractivity contribution >= 4 is 0 Å². The van der Waals surface area contributed by atoms with Crippen LogP contribution in [0.15, 0.2) is 4.52 Å². The van der Waals surface area contributed by atoms with Gasteiger partial charge in [-0.05, 0) is 20.8 Å². The van der Waals surface area contributed by atoms with Crippen molar-refractivity contribution in [3.63, 3.8) is 0 Å². The van der Waals surface area contributed by atoms with E-state index in [1.54, 1.807) is 6.92 Å². The molecule has 6 nitrogen and oxygen atoms in total. The summed E-state index contributed by atoms with van der Waals surface area (Å²) < 4.78 is 10.6. The van der Waals surface area contributed by atoms with Crippen molar-refractivity contribution in [1.29, 1.82) is 0 Å². The third kappa shape index (κ3) is 2.83. The molecular weight excluding hydrogens is 222 g/mol. The van der Waals surface area contributed by atoms with Crippen molar-refractivity contribution in [2.75, 3.05) is 19.7 Å². The molecular formula is C11H19N3O3. The average molecular weight is 241 g/mol. The molecule has 6 heteroatoms. The predicted octanol–water partition coefficient (Wildman–Crippen LogP) is 0.905. The maximum absolute atomic E-state index is 9.33. The van der Waals surface area contributed by atoms with Crippen molar-refractivity contribution in [2.24, 2.45) is 0 Å². The van der Waals surface area contributed by atoms with E-state index < -0.39 is 6.10 Å². The molecule has 1 N–H and O–H groups in total. The van der Waals surface area contributed by atoms with Crippen LogP contribution in [-0.4, -0.2) is 45.9 Å². The van der Waals surface area contributed by atoms with E-state index in [9.17, 15) is 5.11 Å². The van der Waals surface area contributed by atoms with E-state index in [4.69, 9.17) is 9.26 Å². The molecule has 2 atom stereocenters. The summed E-state index contributed by atoms with van der Waals surface area (Å²) in [7, 11) is 0. The van der Waals surface area contributed by atoms with Gasteiger partial charge in [0, 0.05) is 19.1 Å². The molecule has 0 amide bonds. The molecule has 1 saturated heterocycles. The fraction of sp³-hybridized carbons (Fsp3) is 0.818. The Hall–Kier alpha value is -0.980. The van der Waals surface area contributed by atoms with Crippen LogP contribution in [0, 0.1) is 0 Å². The van der Waals surface area contributed by atoms with Crippen molar-refractivity contribution in [3.8, 4) is 0 Å². The molecule has 1 aromatic rings. The van der Waals surface area contributed by atoms with Gasteiger partial charge in [0.2, 0.25) is 5.82 Å². The number of hydrogen-bond donors (Lipinski definition) is 1. The van der Waals surface area contributed by atoms with Gasteiger partial charge in [0.25, 0.3) is 5.89 Å². The first kappa shape index (κ1) is 12.5. The second kappa shape index (κ2) is 5.12. The average Bonchev–Trinajstić information content (AvgIpc) is 2.78. The third-order valence-electron chi connectivity index (χ3n) is 2.93. The molecule has 0 saturated carbocycles. The second-order valence-corrected chi connectivity index (χ2v) is 4.61. The Labute approximate surface area is 101 Å². The zero-order chi connectivity index (χ0) is 12.4. The smallest absolute Gasteiger partial charge is 0.255 e. The molecule has 2 unspecified atom stereocenters. The summed E-state index contributed by atoms with van der Waals surface area (Å²) in [5.74, 6) is 0.761. The van der Waals surface area contributed by atoms with Crippen LogP contribution in [0.1, 0.15) is 44.7 Å². The molecule has 96 valence electrons. The van der Waals surface area contributed by atoms with E-state index in [0.29, 0.717) is 18.5 Å². The first-order valence-electron chi connectivity index (χ1n) is 5.95. The minimum Gasteiger partial charge on any atom is -0.384 e.